The van der Waals surface area contributed by atoms with E-state index in [0.717, 1.165) is 26.2 Å². The quantitative estimate of drug-likeness (QED) is 0.683. The van der Waals surface area contributed by atoms with Crippen molar-refractivity contribution in [1.29, 1.82) is 0 Å². The summed E-state index contributed by atoms with van der Waals surface area (Å²) in [4.78, 5) is 16.4. The maximum Gasteiger partial charge on any atom is 0.328 e. The SMILES string of the molecule is CN1CCN(NC(C(=O)O)c2ccc[nH]2)CC1. The van der Waals surface area contributed by atoms with E-state index in [2.05, 4.69) is 22.4 Å². The number of H-pyrrole nitrogens is 1. The number of aromatic amines is 1. The van der Waals surface area contributed by atoms with E-state index in [1.807, 2.05) is 5.01 Å². The van der Waals surface area contributed by atoms with Crippen LogP contribution in [0.5, 0.6) is 0 Å². The van der Waals surface area contributed by atoms with E-state index in [0.29, 0.717) is 5.69 Å². The average molecular weight is 238 g/mol. The van der Waals surface area contributed by atoms with Crippen molar-refractivity contribution in [3.8, 4) is 0 Å². The molecule has 1 aromatic rings. The molecule has 0 radical (unpaired) electrons. The third-order valence-electron chi connectivity index (χ3n) is 2.99. The predicted molar refractivity (Wildman–Crippen MR) is 63.4 cm³/mol. The molecule has 6 nitrogen and oxygen atoms in total. The van der Waals surface area contributed by atoms with Crippen molar-refractivity contribution in [2.75, 3.05) is 33.2 Å². The van der Waals surface area contributed by atoms with Crippen LogP contribution in [0.25, 0.3) is 0 Å². The Morgan fingerprint density at radius 3 is 2.71 bits per heavy atom. The maximum absolute atomic E-state index is 11.2. The summed E-state index contributed by atoms with van der Waals surface area (Å²) in [5.74, 6) is -0.869. The fraction of sp³-hybridized carbons (Fsp3) is 0.545. The summed E-state index contributed by atoms with van der Waals surface area (Å²) in [5, 5.41) is 11.2. The van der Waals surface area contributed by atoms with Crippen LogP contribution in [-0.4, -0.2) is 59.2 Å². The first-order valence-corrected chi connectivity index (χ1v) is 5.72. The number of likely N-dealkylation sites (N-methyl/N-ethyl adjacent to an activating group) is 1. The van der Waals surface area contributed by atoms with Crippen LogP contribution in [0.15, 0.2) is 18.3 Å². The molecule has 1 fully saturated rings. The zero-order valence-corrected chi connectivity index (χ0v) is 9.89. The van der Waals surface area contributed by atoms with Crippen LogP contribution in [0.1, 0.15) is 11.7 Å². The van der Waals surface area contributed by atoms with Gasteiger partial charge in [0.1, 0.15) is 0 Å². The number of aromatic nitrogens is 1. The normalized spacial score (nSPS) is 20.3. The number of aliphatic carboxylic acids is 1. The van der Waals surface area contributed by atoms with Crippen LogP contribution in [0.2, 0.25) is 0 Å². The minimum Gasteiger partial charge on any atom is -0.480 e. The van der Waals surface area contributed by atoms with Gasteiger partial charge in [0.25, 0.3) is 0 Å². The molecule has 0 aromatic carbocycles. The van der Waals surface area contributed by atoms with E-state index >= 15 is 0 Å². The molecule has 1 unspecified atom stereocenters. The molecule has 1 atom stereocenters. The number of hydrogen-bond acceptors (Lipinski definition) is 4. The summed E-state index contributed by atoms with van der Waals surface area (Å²) in [6.45, 7) is 3.57. The standard InChI is InChI=1S/C11H18N4O2/c1-14-5-7-15(8-6-14)13-10(11(16)17)9-3-2-4-12-9/h2-4,10,12-13H,5-8H2,1H3,(H,16,17). The van der Waals surface area contributed by atoms with Gasteiger partial charge in [-0.15, -0.1) is 0 Å². The Morgan fingerprint density at radius 1 is 1.47 bits per heavy atom. The third-order valence-corrected chi connectivity index (χ3v) is 2.99. The molecule has 0 bridgehead atoms. The molecule has 0 spiro atoms. The monoisotopic (exact) mass is 238 g/mol. The van der Waals surface area contributed by atoms with Crippen molar-refractivity contribution >= 4 is 5.97 Å². The summed E-state index contributed by atoms with van der Waals surface area (Å²) in [5.41, 5.74) is 3.73. The summed E-state index contributed by atoms with van der Waals surface area (Å²) in [6.07, 6.45) is 1.73. The second-order valence-electron chi connectivity index (χ2n) is 4.32. The van der Waals surface area contributed by atoms with E-state index in [1.165, 1.54) is 0 Å². The zero-order chi connectivity index (χ0) is 12.3. The van der Waals surface area contributed by atoms with Gasteiger partial charge in [0.05, 0.1) is 0 Å². The number of piperazine rings is 1. The molecule has 17 heavy (non-hydrogen) atoms. The number of carboxylic acid groups (broad SMARTS) is 1. The van der Waals surface area contributed by atoms with Crippen molar-refractivity contribution < 1.29 is 9.90 Å². The first kappa shape index (κ1) is 12.1. The van der Waals surface area contributed by atoms with Crippen LogP contribution in [-0.2, 0) is 4.79 Å². The lowest BCUT2D eigenvalue weighted by Gasteiger charge is -2.34. The second kappa shape index (κ2) is 5.31. The summed E-state index contributed by atoms with van der Waals surface area (Å²) >= 11 is 0. The van der Waals surface area contributed by atoms with Crippen LogP contribution >= 0.6 is 0 Å². The topological polar surface area (TPSA) is 71.6 Å². The summed E-state index contributed by atoms with van der Waals surface area (Å²) in [7, 11) is 2.07. The Balaban J connectivity index is 1.97. The molecule has 0 saturated carbocycles. The smallest absolute Gasteiger partial charge is 0.328 e. The molecule has 1 aliphatic rings. The zero-order valence-electron chi connectivity index (χ0n) is 9.89. The highest BCUT2D eigenvalue weighted by molar-refractivity contribution is 5.74. The Kier molecular flexibility index (Phi) is 3.78. The Hall–Kier alpha value is -1.37. The van der Waals surface area contributed by atoms with Gasteiger partial charge in [0.15, 0.2) is 6.04 Å². The molecular weight excluding hydrogens is 220 g/mol. The minimum atomic E-state index is -0.869. The van der Waals surface area contributed by atoms with Gasteiger partial charge in [-0.1, -0.05) is 0 Å². The highest BCUT2D eigenvalue weighted by atomic mass is 16.4. The molecule has 2 rings (SSSR count). The number of carbonyl (C=O) groups is 1. The number of carboxylic acids is 1. The van der Waals surface area contributed by atoms with E-state index < -0.39 is 12.0 Å². The van der Waals surface area contributed by atoms with Gasteiger partial charge in [-0.3, -0.25) is 4.79 Å². The van der Waals surface area contributed by atoms with Crippen molar-refractivity contribution in [3.05, 3.63) is 24.0 Å². The highest BCUT2D eigenvalue weighted by Gasteiger charge is 2.24. The Morgan fingerprint density at radius 2 is 2.18 bits per heavy atom. The lowest BCUT2D eigenvalue weighted by molar-refractivity contribution is -0.141. The highest BCUT2D eigenvalue weighted by Crippen LogP contribution is 2.11. The van der Waals surface area contributed by atoms with Gasteiger partial charge in [-0.2, -0.15) is 0 Å². The minimum absolute atomic E-state index is 0.677. The lowest BCUT2D eigenvalue weighted by atomic mass is 10.2. The van der Waals surface area contributed by atoms with Gasteiger partial charge in [-0.25, -0.2) is 10.4 Å². The predicted octanol–water partition coefficient (Wildman–Crippen LogP) is -0.108. The number of hydrogen-bond donors (Lipinski definition) is 3. The number of nitrogens with one attached hydrogen (secondary N) is 2. The fourth-order valence-electron chi connectivity index (χ4n) is 1.90. The molecule has 0 aliphatic carbocycles. The van der Waals surface area contributed by atoms with Crippen molar-refractivity contribution in [3.63, 3.8) is 0 Å². The largest absolute Gasteiger partial charge is 0.480 e. The van der Waals surface area contributed by atoms with Gasteiger partial charge in [0.2, 0.25) is 0 Å². The van der Waals surface area contributed by atoms with E-state index in [4.69, 9.17) is 0 Å². The molecule has 0 amide bonds. The van der Waals surface area contributed by atoms with Gasteiger partial charge in [-0.05, 0) is 19.2 Å². The summed E-state index contributed by atoms with van der Waals surface area (Å²) < 4.78 is 0. The van der Waals surface area contributed by atoms with Crippen LogP contribution in [0, 0.1) is 0 Å². The van der Waals surface area contributed by atoms with Gasteiger partial charge >= 0.3 is 5.97 Å². The molecule has 1 aliphatic heterocycles. The third kappa shape index (κ3) is 3.06. The maximum atomic E-state index is 11.2. The van der Waals surface area contributed by atoms with Gasteiger partial charge in [0, 0.05) is 38.1 Å². The Bertz CT molecular complexity index is 358. The molecular formula is C11H18N4O2. The molecule has 1 aromatic heterocycles. The number of rotatable bonds is 4. The molecule has 94 valence electrons. The van der Waals surface area contributed by atoms with Crippen molar-refractivity contribution in [2.45, 2.75) is 6.04 Å². The molecule has 6 heteroatoms. The van der Waals surface area contributed by atoms with Crippen LogP contribution < -0.4 is 5.43 Å². The second-order valence-corrected chi connectivity index (χ2v) is 4.32. The Labute approximate surface area is 100 Å². The first-order chi connectivity index (χ1) is 8.16. The van der Waals surface area contributed by atoms with Crippen molar-refractivity contribution in [2.24, 2.45) is 0 Å². The average Bonchev–Trinajstić information content (AvgIpc) is 2.81. The van der Waals surface area contributed by atoms with E-state index in [-0.39, 0.29) is 0 Å². The first-order valence-electron chi connectivity index (χ1n) is 5.72. The number of hydrazine groups is 1. The summed E-state index contributed by atoms with van der Waals surface area (Å²) in [6, 6.07) is 2.88. The molecule has 3 N–H and O–H groups in total. The lowest BCUT2D eigenvalue weighted by Crippen LogP contribution is -2.52. The molecule has 2 heterocycles. The van der Waals surface area contributed by atoms with Crippen LogP contribution in [0.3, 0.4) is 0 Å². The molecule has 1 saturated heterocycles. The van der Waals surface area contributed by atoms with Crippen molar-refractivity contribution in [1.82, 2.24) is 20.3 Å². The van der Waals surface area contributed by atoms with E-state index in [9.17, 15) is 9.90 Å². The number of nitrogens with zero attached hydrogens (tertiary/aromatic N) is 2. The fourth-order valence-corrected chi connectivity index (χ4v) is 1.90. The van der Waals surface area contributed by atoms with Crippen LogP contribution in [0.4, 0.5) is 0 Å². The van der Waals surface area contributed by atoms with Gasteiger partial charge < -0.3 is 15.0 Å². The van der Waals surface area contributed by atoms with E-state index in [1.54, 1.807) is 18.3 Å².